The molecule has 18 heavy (non-hydrogen) atoms. The zero-order valence-electron chi connectivity index (χ0n) is 11.6. The third-order valence-corrected chi connectivity index (χ3v) is 3.49. The van der Waals surface area contributed by atoms with Gasteiger partial charge in [0.2, 0.25) is 0 Å². The molecule has 1 rings (SSSR count). The fourth-order valence-electron chi connectivity index (χ4n) is 2.66. The molecule has 0 fully saturated rings. The van der Waals surface area contributed by atoms with E-state index in [4.69, 9.17) is 10.5 Å². The van der Waals surface area contributed by atoms with Crippen LogP contribution in [-0.4, -0.2) is 24.9 Å². The van der Waals surface area contributed by atoms with Crippen molar-refractivity contribution in [3.05, 3.63) is 29.8 Å². The van der Waals surface area contributed by atoms with E-state index in [1.54, 1.807) is 7.11 Å². The van der Waals surface area contributed by atoms with Gasteiger partial charge in [-0.1, -0.05) is 25.5 Å². The Morgan fingerprint density at radius 1 is 1.44 bits per heavy atom. The Labute approximate surface area is 110 Å². The summed E-state index contributed by atoms with van der Waals surface area (Å²) in [6, 6.07) is 8.02. The van der Waals surface area contributed by atoms with Gasteiger partial charge in [0, 0.05) is 12.0 Å². The maximum Gasteiger partial charge on any atom is 0.119 e. The topological polar surface area (TPSA) is 55.5 Å². The van der Waals surface area contributed by atoms with Crippen LogP contribution in [0.25, 0.3) is 0 Å². The Bertz CT molecular complexity index is 365. The highest BCUT2D eigenvalue weighted by molar-refractivity contribution is 5.34. The van der Waals surface area contributed by atoms with Crippen LogP contribution in [0.3, 0.4) is 0 Å². The first-order valence-electron chi connectivity index (χ1n) is 6.60. The molecule has 102 valence electrons. The second-order valence-corrected chi connectivity index (χ2v) is 5.02. The number of nitrogens with two attached hydrogens (primary N) is 1. The van der Waals surface area contributed by atoms with Gasteiger partial charge in [-0.25, -0.2) is 0 Å². The number of aliphatic hydroxyl groups is 1. The fraction of sp³-hybridized carbons (Fsp3) is 0.600. The lowest BCUT2D eigenvalue weighted by molar-refractivity contribution is 0.144. The molecule has 0 heterocycles. The van der Waals surface area contributed by atoms with Gasteiger partial charge in [-0.05, 0) is 37.5 Å². The van der Waals surface area contributed by atoms with Crippen molar-refractivity contribution >= 4 is 0 Å². The summed E-state index contributed by atoms with van der Waals surface area (Å²) in [6.45, 7) is 4.51. The van der Waals surface area contributed by atoms with Crippen molar-refractivity contribution in [3.63, 3.8) is 0 Å². The number of ether oxygens (including phenoxy) is 1. The van der Waals surface area contributed by atoms with Crippen molar-refractivity contribution in [2.75, 3.05) is 13.7 Å². The quantitative estimate of drug-likeness (QED) is 0.782. The predicted octanol–water partition coefficient (Wildman–Crippen LogP) is 2.46. The highest BCUT2D eigenvalue weighted by atomic mass is 16.5. The van der Waals surface area contributed by atoms with Gasteiger partial charge in [0.25, 0.3) is 0 Å². The summed E-state index contributed by atoms with van der Waals surface area (Å²) in [5, 5.41) is 9.75. The summed E-state index contributed by atoms with van der Waals surface area (Å²) >= 11 is 0. The minimum Gasteiger partial charge on any atom is -0.497 e. The summed E-state index contributed by atoms with van der Waals surface area (Å²) in [5.41, 5.74) is 7.02. The van der Waals surface area contributed by atoms with E-state index in [9.17, 15) is 5.11 Å². The molecule has 1 aromatic carbocycles. The normalized spacial score (nSPS) is 16.1. The molecule has 1 aromatic rings. The molecule has 2 atom stereocenters. The molecule has 0 saturated carbocycles. The van der Waals surface area contributed by atoms with E-state index in [0.29, 0.717) is 13.0 Å². The van der Waals surface area contributed by atoms with E-state index in [1.807, 2.05) is 25.1 Å². The fourth-order valence-corrected chi connectivity index (χ4v) is 2.66. The van der Waals surface area contributed by atoms with Crippen molar-refractivity contribution in [3.8, 4) is 5.75 Å². The molecule has 0 aliphatic rings. The van der Waals surface area contributed by atoms with E-state index in [1.165, 1.54) is 0 Å². The number of rotatable bonds is 7. The molecule has 3 N–H and O–H groups in total. The Hall–Kier alpha value is -1.06. The molecule has 0 radical (unpaired) electrons. The van der Waals surface area contributed by atoms with Gasteiger partial charge in [0.05, 0.1) is 13.2 Å². The lowest BCUT2D eigenvalue weighted by atomic mass is 9.73. The van der Waals surface area contributed by atoms with Crippen LogP contribution in [0, 0.1) is 0 Å². The van der Waals surface area contributed by atoms with Crippen LogP contribution in [0.5, 0.6) is 5.75 Å². The maximum absolute atomic E-state index is 9.75. The van der Waals surface area contributed by atoms with Gasteiger partial charge in [0.1, 0.15) is 5.75 Å². The zero-order chi connectivity index (χ0) is 13.6. The predicted molar refractivity (Wildman–Crippen MR) is 74.9 cm³/mol. The molecule has 0 aliphatic carbocycles. The molecular formula is C15H25NO2. The monoisotopic (exact) mass is 251 g/mol. The summed E-state index contributed by atoms with van der Waals surface area (Å²) in [4.78, 5) is 0. The third kappa shape index (κ3) is 3.47. The first-order valence-corrected chi connectivity index (χ1v) is 6.60. The number of hydrogen-bond acceptors (Lipinski definition) is 3. The molecule has 3 heteroatoms. The van der Waals surface area contributed by atoms with Crippen molar-refractivity contribution in [1.29, 1.82) is 0 Å². The summed E-state index contributed by atoms with van der Waals surface area (Å²) < 4.78 is 5.27. The summed E-state index contributed by atoms with van der Waals surface area (Å²) in [7, 11) is 1.66. The smallest absolute Gasteiger partial charge is 0.119 e. The van der Waals surface area contributed by atoms with Crippen LogP contribution in [0.15, 0.2) is 24.3 Å². The summed E-state index contributed by atoms with van der Waals surface area (Å²) in [6.07, 6.45) is 2.35. The SMILES string of the molecule is CCC[C@](CN)(C[C@H](C)O)c1cccc(OC)c1. The Balaban J connectivity index is 3.13. The minimum atomic E-state index is -0.355. The van der Waals surface area contributed by atoms with Crippen LogP contribution in [0.4, 0.5) is 0 Å². The molecular weight excluding hydrogens is 226 g/mol. The van der Waals surface area contributed by atoms with Crippen LogP contribution >= 0.6 is 0 Å². The highest BCUT2D eigenvalue weighted by Gasteiger charge is 2.31. The molecule has 0 unspecified atom stereocenters. The van der Waals surface area contributed by atoms with E-state index in [2.05, 4.69) is 13.0 Å². The average molecular weight is 251 g/mol. The molecule has 0 bridgehead atoms. The number of methoxy groups -OCH3 is 1. The maximum atomic E-state index is 9.75. The third-order valence-electron chi connectivity index (χ3n) is 3.49. The van der Waals surface area contributed by atoms with E-state index < -0.39 is 0 Å². The van der Waals surface area contributed by atoms with Gasteiger partial charge in [-0.15, -0.1) is 0 Å². The molecule has 0 aromatic heterocycles. The number of hydrogen-bond donors (Lipinski definition) is 2. The van der Waals surface area contributed by atoms with Crippen molar-refractivity contribution in [1.82, 2.24) is 0 Å². The van der Waals surface area contributed by atoms with E-state index in [-0.39, 0.29) is 11.5 Å². The standard InChI is InChI=1S/C15H25NO2/c1-4-8-15(11-16,10-12(2)17)13-6-5-7-14(9-13)18-3/h5-7,9,12,17H,4,8,10-11,16H2,1-3H3/t12-,15+/m0/s1. The van der Waals surface area contributed by atoms with Crippen LogP contribution in [0.2, 0.25) is 0 Å². The molecule has 0 saturated heterocycles. The average Bonchev–Trinajstić information content (AvgIpc) is 2.37. The van der Waals surface area contributed by atoms with Crippen LogP contribution < -0.4 is 10.5 Å². The molecule has 0 spiro atoms. The van der Waals surface area contributed by atoms with Gasteiger partial charge in [0.15, 0.2) is 0 Å². The Kier molecular flexibility index (Phi) is 5.63. The van der Waals surface area contributed by atoms with Crippen molar-refractivity contribution in [2.45, 2.75) is 44.6 Å². The van der Waals surface area contributed by atoms with Gasteiger partial charge >= 0.3 is 0 Å². The largest absolute Gasteiger partial charge is 0.497 e. The summed E-state index contributed by atoms with van der Waals surface area (Å²) in [5.74, 6) is 0.840. The highest BCUT2D eigenvalue weighted by Crippen LogP contribution is 2.35. The van der Waals surface area contributed by atoms with E-state index >= 15 is 0 Å². The molecule has 3 nitrogen and oxygen atoms in total. The zero-order valence-corrected chi connectivity index (χ0v) is 11.6. The first-order chi connectivity index (χ1) is 8.57. The molecule has 0 aliphatic heterocycles. The number of benzene rings is 1. The lowest BCUT2D eigenvalue weighted by Crippen LogP contribution is -2.38. The second-order valence-electron chi connectivity index (χ2n) is 5.02. The Morgan fingerprint density at radius 2 is 2.17 bits per heavy atom. The van der Waals surface area contributed by atoms with Crippen LogP contribution in [0.1, 0.15) is 38.7 Å². The van der Waals surface area contributed by atoms with Gasteiger partial charge in [-0.2, -0.15) is 0 Å². The van der Waals surface area contributed by atoms with Crippen LogP contribution in [-0.2, 0) is 5.41 Å². The van der Waals surface area contributed by atoms with E-state index in [0.717, 1.165) is 24.2 Å². The number of aliphatic hydroxyl groups excluding tert-OH is 1. The van der Waals surface area contributed by atoms with Gasteiger partial charge in [-0.3, -0.25) is 0 Å². The van der Waals surface area contributed by atoms with Gasteiger partial charge < -0.3 is 15.6 Å². The first kappa shape index (κ1) is 15.0. The lowest BCUT2D eigenvalue weighted by Gasteiger charge is -2.34. The van der Waals surface area contributed by atoms with Crippen molar-refractivity contribution < 1.29 is 9.84 Å². The van der Waals surface area contributed by atoms with Crippen molar-refractivity contribution in [2.24, 2.45) is 5.73 Å². The molecule has 0 amide bonds. The second kappa shape index (κ2) is 6.76. The Morgan fingerprint density at radius 3 is 2.67 bits per heavy atom. The minimum absolute atomic E-state index is 0.155.